The Labute approximate surface area is 96.0 Å². The average molecular weight is 224 g/mol. The molecule has 1 aliphatic rings. The molecule has 1 saturated heterocycles. The van der Waals surface area contributed by atoms with Crippen molar-refractivity contribution in [3.8, 4) is 0 Å². The standard InChI is InChI=1S/C11H20N4O/c1-4-9-6-16-7(2)5-15(9)11-10(12)13-8(3)14-11/h7,9H,4-6,12H2,1-3H3,(H,13,14). The molecule has 0 spiro atoms. The quantitative estimate of drug-likeness (QED) is 0.794. The molecule has 0 aromatic carbocycles. The summed E-state index contributed by atoms with van der Waals surface area (Å²) in [7, 11) is 0. The molecule has 1 fully saturated rings. The number of H-pyrrole nitrogens is 1. The van der Waals surface area contributed by atoms with Crippen LogP contribution in [0.2, 0.25) is 0 Å². The normalized spacial score (nSPS) is 26.1. The number of aryl methyl sites for hydroxylation is 1. The van der Waals surface area contributed by atoms with E-state index in [1.54, 1.807) is 0 Å². The zero-order valence-corrected chi connectivity index (χ0v) is 10.2. The van der Waals surface area contributed by atoms with Crippen molar-refractivity contribution in [3.05, 3.63) is 5.82 Å². The molecule has 0 amide bonds. The van der Waals surface area contributed by atoms with Gasteiger partial charge in [0.15, 0.2) is 5.82 Å². The number of nitrogens with one attached hydrogen (secondary N) is 1. The van der Waals surface area contributed by atoms with E-state index < -0.39 is 0 Å². The van der Waals surface area contributed by atoms with Crippen LogP contribution in [0.1, 0.15) is 26.1 Å². The molecule has 0 aliphatic carbocycles. The van der Waals surface area contributed by atoms with Crippen LogP contribution in [-0.4, -0.2) is 35.3 Å². The van der Waals surface area contributed by atoms with Crippen molar-refractivity contribution in [2.75, 3.05) is 23.8 Å². The summed E-state index contributed by atoms with van der Waals surface area (Å²) < 4.78 is 5.66. The van der Waals surface area contributed by atoms with Crippen LogP contribution < -0.4 is 10.6 Å². The van der Waals surface area contributed by atoms with Crippen molar-refractivity contribution in [1.29, 1.82) is 0 Å². The van der Waals surface area contributed by atoms with E-state index in [1.165, 1.54) is 0 Å². The highest BCUT2D eigenvalue weighted by Gasteiger charge is 2.28. The summed E-state index contributed by atoms with van der Waals surface area (Å²) in [5.74, 6) is 2.39. The molecule has 2 atom stereocenters. The minimum absolute atomic E-state index is 0.235. The fourth-order valence-electron chi connectivity index (χ4n) is 2.16. The van der Waals surface area contributed by atoms with Crippen molar-refractivity contribution >= 4 is 11.6 Å². The minimum Gasteiger partial charge on any atom is -0.382 e. The van der Waals surface area contributed by atoms with Crippen LogP contribution in [0, 0.1) is 6.92 Å². The average Bonchev–Trinajstić information content (AvgIpc) is 2.57. The molecule has 5 heteroatoms. The maximum absolute atomic E-state index is 5.93. The summed E-state index contributed by atoms with van der Waals surface area (Å²) >= 11 is 0. The van der Waals surface area contributed by atoms with E-state index >= 15 is 0 Å². The summed E-state index contributed by atoms with van der Waals surface area (Å²) in [6.07, 6.45) is 1.28. The molecule has 2 unspecified atom stereocenters. The highest BCUT2D eigenvalue weighted by Crippen LogP contribution is 2.26. The van der Waals surface area contributed by atoms with Gasteiger partial charge in [0, 0.05) is 6.54 Å². The Bertz CT molecular complexity index is 363. The first-order valence-corrected chi connectivity index (χ1v) is 5.82. The van der Waals surface area contributed by atoms with E-state index in [4.69, 9.17) is 10.5 Å². The Kier molecular flexibility index (Phi) is 3.05. The number of ether oxygens (including phenoxy) is 1. The number of aromatic amines is 1. The third-order valence-corrected chi connectivity index (χ3v) is 3.04. The monoisotopic (exact) mass is 224 g/mol. The van der Waals surface area contributed by atoms with E-state index in [0.29, 0.717) is 11.9 Å². The molecule has 90 valence electrons. The Balaban J connectivity index is 2.25. The van der Waals surface area contributed by atoms with Crippen LogP contribution in [0.3, 0.4) is 0 Å². The largest absolute Gasteiger partial charge is 0.382 e. The first kappa shape index (κ1) is 11.3. The van der Waals surface area contributed by atoms with Gasteiger partial charge in [-0.15, -0.1) is 0 Å². The van der Waals surface area contributed by atoms with Gasteiger partial charge in [-0.3, -0.25) is 0 Å². The van der Waals surface area contributed by atoms with Gasteiger partial charge < -0.3 is 20.4 Å². The molecule has 0 saturated carbocycles. The number of anilines is 2. The number of nitrogens with two attached hydrogens (primary N) is 1. The van der Waals surface area contributed by atoms with Gasteiger partial charge in [0.25, 0.3) is 0 Å². The molecule has 2 rings (SSSR count). The summed E-state index contributed by atoms with van der Waals surface area (Å²) in [4.78, 5) is 9.76. The van der Waals surface area contributed by atoms with Gasteiger partial charge in [-0.25, -0.2) is 4.98 Å². The van der Waals surface area contributed by atoms with Crippen LogP contribution >= 0.6 is 0 Å². The lowest BCUT2D eigenvalue weighted by atomic mass is 10.1. The number of imidazole rings is 1. The maximum atomic E-state index is 5.93. The van der Waals surface area contributed by atoms with Gasteiger partial charge in [-0.2, -0.15) is 0 Å². The lowest BCUT2D eigenvalue weighted by Crippen LogP contribution is -2.49. The Morgan fingerprint density at radius 2 is 2.38 bits per heavy atom. The van der Waals surface area contributed by atoms with Crippen LogP contribution in [0.25, 0.3) is 0 Å². The van der Waals surface area contributed by atoms with Gasteiger partial charge in [0.1, 0.15) is 11.6 Å². The molecular formula is C11H20N4O. The van der Waals surface area contributed by atoms with Crippen molar-refractivity contribution < 1.29 is 4.74 Å². The van der Waals surface area contributed by atoms with Gasteiger partial charge in [-0.1, -0.05) is 6.92 Å². The number of hydrogen-bond acceptors (Lipinski definition) is 4. The van der Waals surface area contributed by atoms with Crippen LogP contribution in [0.5, 0.6) is 0 Å². The second-order valence-corrected chi connectivity index (χ2v) is 4.42. The van der Waals surface area contributed by atoms with E-state index in [0.717, 1.165) is 31.2 Å². The number of aromatic nitrogens is 2. The molecule has 3 N–H and O–H groups in total. The summed E-state index contributed by atoms with van der Waals surface area (Å²) in [6, 6.07) is 0.376. The van der Waals surface area contributed by atoms with Gasteiger partial charge in [0.05, 0.1) is 18.8 Å². The van der Waals surface area contributed by atoms with Crippen molar-refractivity contribution in [2.24, 2.45) is 0 Å². The van der Waals surface area contributed by atoms with E-state index in [9.17, 15) is 0 Å². The van der Waals surface area contributed by atoms with Crippen molar-refractivity contribution in [3.63, 3.8) is 0 Å². The summed E-state index contributed by atoms with van der Waals surface area (Å²) in [5.41, 5.74) is 5.93. The third-order valence-electron chi connectivity index (χ3n) is 3.04. The van der Waals surface area contributed by atoms with Crippen molar-refractivity contribution in [2.45, 2.75) is 39.3 Å². The number of hydrogen-bond donors (Lipinski definition) is 2. The first-order chi connectivity index (χ1) is 7.61. The summed E-state index contributed by atoms with van der Waals surface area (Å²) in [5, 5.41) is 0. The Morgan fingerprint density at radius 1 is 1.62 bits per heavy atom. The molecule has 1 aromatic rings. The minimum atomic E-state index is 0.235. The Hall–Kier alpha value is -1.23. The van der Waals surface area contributed by atoms with Gasteiger partial charge in [0.2, 0.25) is 0 Å². The van der Waals surface area contributed by atoms with Crippen LogP contribution in [0.15, 0.2) is 0 Å². The molecular weight excluding hydrogens is 204 g/mol. The second-order valence-electron chi connectivity index (χ2n) is 4.42. The fourth-order valence-corrected chi connectivity index (χ4v) is 2.16. The predicted molar refractivity (Wildman–Crippen MR) is 64.6 cm³/mol. The van der Waals surface area contributed by atoms with E-state index in [1.807, 2.05) is 6.92 Å². The lowest BCUT2D eigenvalue weighted by Gasteiger charge is -2.38. The molecule has 2 heterocycles. The van der Waals surface area contributed by atoms with E-state index in [2.05, 4.69) is 28.7 Å². The lowest BCUT2D eigenvalue weighted by molar-refractivity contribution is 0.0297. The molecule has 5 nitrogen and oxygen atoms in total. The number of morpholine rings is 1. The van der Waals surface area contributed by atoms with Gasteiger partial charge in [-0.05, 0) is 20.3 Å². The first-order valence-electron chi connectivity index (χ1n) is 5.82. The highest BCUT2D eigenvalue weighted by atomic mass is 16.5. The molecule has 1 aromatic heterocycles. The predicted octanol–water partition coefficient (Wildman–Crippen LogP) is 1.30. The van der Waals surface area contributed by atoms with E-state index in [-0.39, 0.29) is 6.10 Å². The van der Waals surface area contributed by atoms with Crippen LogP contribution in [0.4, 0.5) is 11.6 Å². The fraction of sp³-hybridized carbons (Fsp3) is 0.727. The number of nitrogen functional groups attached to an aromatic ring is 1. The third kappa shape index (κ3) is 2.00. The SMILES string of the molecule is CCC1COC(C)CN1c1nc(C)[nH]c1N. The molecule has 16 heavy (non-hydrogen) atoms. The maximum Gasteiger partial charge on any atom is 0.171 e. The van der Waals surface area contributed by atoms with Gasteiger partial charge >= 0.3 is 0 Å². The topological polar surface area (TPSA) is 67.2 Å². The molecule has 0 radical (unpaired) electrons. The number of rotatable bonds is 2. The Morgan fingerprint density at radius 3 is 2.94 bits per heavy atom. The number of nitrogens with zero attached hydrogens (tertiary/aromatic N) is 2. The molecule has 0 bridgehead atoms. The second kappa shape index (κ2) is 4.33. The zero-order chi connectivity index (χ0) is 11.7. The molecule has 1 aliphatic heterocycles. The van der Waals surface area contributed by atoms with Crippen LogP contribution in [-0.2, 0) is 4.74 Å². The smallest absolute Gasteiger partial charge is 0.171 e. The zero-order valence-electron chi connectivity index (χ0n) is 10.2. The highest BCUT2D eigenvalue weighted by molar-refractivity contribution is 5.60. The van der Waals surface area contributed by atoms with Crippen molar-refractivity contribution in [1.82, 2.24) is 9.97 Å². The summed E-state index contributed by atoms with van der Waals surface area (Å²) in [6.45, 7) is 7.77.